The van der Waals surface area contributed by atoms with Crippen LogP contribution in [0.25, 0.3) is 11.1 Å². The van der Waals surface area contributed by atoms with E-state index in [1.165, 1.54) is 5.30 Å². The summed E-state index contributed by atoms with van der Waals surface area (Å²) in [5.74, 6) is 0. The third-order valence-electron chi connectivity index (χ3n) is 2.46. The zero-order chi connectivity index (χ0) is 13.3. The van der Waals surface area contributed by atoms with Crippen LogP contribution in [0.1, 0.15) is 0 Å². The summed E-state index contributed by atoms with van der Waals surface area (Å²) in [5, 5.41) is 1.24. The van der Waals surface area contributed by atoms with Gasteiger partial charge in [-0.15, -0.1) is 9.24 Å². The standard InChI is InChI=1S/C10H8N2.C6H7P/c1-3-9(7-11-5-1)10-4-2-6-12-8-10;7-6-4-2-1-3-5-6/h1-8H;1-5H,7H2. The van der Waals surface area contributed by atoms with E-state index in [9.17, 15) is 0 Å². The van der Waals surface area contributed by atoms with Gasteiger partial charge in [-0.1, -0.05) is 42.5 Å². The third kappa shape index (κ3) is 4.61. The van der Waals surface area contributed by atoms with Crippen molar-refractivity contribution in [2.24, 2.45) is 0 Å². The summed E-state index contributed by atoms with van der Waals surface area (Å²) in [6, 6.07) is 18.0. The van der Waals surface area contributed by atoms with Crippen molar-refractivity contribution in [3.63, 3.8) is 0 Å². The minimum Gasteiger partial charge on any atom is -0.264 e. The van der Waals surface area contributed by atoms with Crippen LogP contribution in [0.4, 0.5) is 0 Å². The first-order chi connectivity index (χ1) is 9.36. The van der Waals surface area contributed by atoms with E-state index in [1.54, 1.807) is 12.4 Å². The highest BCUT2D eigenvalue weighted by atomic mass is 31.0. The highest BCUT2D eigenvalue weighted by Gasteiger charge is 1.93. The van der Waals surface area contributed by atoms with Crippen molar-refractivity contribution in [1.29, 1.82) is 0 Å². The zero-order valence-electron chi connectivity index (χ0n) is 10.5. The molecule has 1 unspecified atom stereocenters. The van der Waals surface area contributed by atoms with E-state index in [0.717, 1.165) is 11.1 Å². The van der Waals surface area contributed by atoms with E-state index < -0.39 is 0 Å². The summed E-state index contributed by atoms with van der Waals surface area (Å²) in [4.78, 5) is 8.07. The van der Waals surface area contributed by atoms with Crippen molar-refractivity contribution in [3.8, 4) is 11.1 Å². The molecule has 2 aromatic heterocycles. The Balaban J connectivity index is 0.000000163. The van der Waals surface area contributed by atoms with Gasteiger partial charge >= 0.3 is 0 Å². The Kier molecular flexibility index (Phi) is 5.21. The first-order valence-electron chi connectivity index (χ1n) is 5.97. The van der Waals surface area contributed by atoms with Gasteiger partial charge in [-0.05, 0) is 17.4 Å². The van der Waals surface area contributed by atoms with Crippen LogP contribution in [0.5, 0.6) is 0 Å². The van der Waals surface area contributed by atoms with Gasteiger partial charge in [0.05, 0.1) is 0 Å². The van der Waals surface area contributed by atoms with E-state index in [-0.39, 0.29) is 0 Å². The fourth-order valence-electron chi connectivity index (χ4n) is 1.52. The van der Waals surface area contributed by atoms with Gasteiger partial charge in [0.2, 0.25) is 0 Å². The van der Waals surface area contributed by atoms with Gasteiger partial charge < -0.3 is 0 Å². The Hall–Kier alpha value is -2.05. The minimum atomic E-state index is 1.10. The maximum absolute atomic E-state index is 4.03. The molecule has 3 aromatic rings. The molecule has 1 aromatic carbocycles. The van der Waals surface area contributed by atoms with Gasteiger partial charge in [0.1, 0.15) is 0 Å². The largest absolute Gasteiger partial charge is 0.264 e. The smallest absolute Gasteiger partial charge is 0.0346 e. The minimum absolute atomic E-state index is 1.10. The second-order valence-electron chi connectivity index (χ2n) is 3.89. The first-order valence-corrected chi connectivity index (χ1v) is 6.55. The summed E-state index contributed by atoms with van der Waals surface area (Å²) in [7, 11) is 2.63. The monoisotopic (exact) mass is 266 g/mol. The van der Waals surface area contributed by atoms with Crippen LogP contribution in [-0.2, 0) is 0 Å². The Labute approximate surface area is 115 Å². The van der Waals surface area contributed by atoms with Crippen LogP contribution in [0.3, 0.4) is 0 Å². The summed E-state index contributed by atoms with van der Waals surface area (Å²) in [6.07, 6.45) is 7.19. The molecule has 0 N–H and O–H groups in total. The summed E-state index contributed by atoms with van der Waals surface area (Å²) < 4.78 is 0. The highest BCUT2D eigenvalue weighted by molar-refractivity contribution is 7.27. The van der Waals surface area contributed by atoms with Crippen molar-refractivity contribution >= 4 is 14.5 Å². The van der Waals surface area contributed by atoms with Gasteiger partial charge in [-0.2, -0.15) is 0 Å². The molecule has 0 spiro atoms. The molecule has 0 aliphatic heterocycles. The average Bonchev–Trinajstić information content (AvgIpc) is 2.51. The maximum atomic E-state index is 4.03. The molecule has 0 fully saturated rings. The maximum Gasteiger partial charge on any atom is 0.0346 e. The highest BCUT2D eigenvalue weighted by Crippen LogP contribution is 2.14. The molecule has 94 valence electrons. The zero-order valence-corrected chi connectivity index (χ0v) is 11.6. The predicted octanol–water partition coefficient (Wildman–Crippen LogP) is 3.33. The Morgan fingerprint density at radius 2 is 1.16 bits per heavy atom. The molecule has 19 heavy (non-hydrogen) atoms. The molecule has 0 aliphatic rings. The number of nitrogens with zero attached hydrogens (tertiary/aromatic N) is 2. The van der Waals surface area contributed by atoms with Gasteiger partial charge in [-0.25, -0.2) is 0 Å². The quantitative estimate of drug-likeness (QED) is 0.631. The molecule has 0 bridgehead atoms. The fraction of sp³-hybridized carbons (Fsp3) is 0. The Morgan fingerprint density at radius 1 is 0.632 bits per heavy atom. The van der Waals surface area contributed by atoms with Crippen LogP contribution in [-0.4, -0.2) is 9.97 Å². The second-order valence-corrected chi connectivity index (χ2v) is 4.56. The van der Waals surface area contributed by atoms with Crippen molar-refractivity contribution < 1.29 is 0 Å². The van der Waals surface area contributed by atoms with Crippen LogP contribution < -0.4 is 5.30 Å². The lowest BCUT2D eigenvalue weighted by Crippen LogP contribution is -1.82. The predicted molar refractivity (Wildman–Crippen MR) is 83.3 cm³/mol. The number of hydrogen-bond donors (Lipinski definition) is 0. The van der Waals surface area contributed by atoms with Crippen LogP contribution in [0, 0.1) is 0 Å². The van der Waals surface area contributed by atoms with Crippen molar-refractivity contribution in [2.75, 3.05) is 0 Å². The lowest BCUT2D eigenvalue weighted by Gasteiger charge is -1.97. The molecule has 1 atom stereocenters. The normalized spacial score (nSPS) is 9.32. The lowest BCUT2D eigenvalue weighted by atomic mass is 10.1. The molecule has 3 rings (SSSR count). The lowest BCUT2D eigenvalue weighted by molar-refractivity contribution is 1.30. The molecular weight excluding hydrogens is 251 g/mol. The van der Waals surface area contributed by atoms with Gasteiger partial charge in [0, 0.05) is 35.9 Å². The number of hydrogen-bond acceptors (Lipinski definition) is 2. The van der Waals surface area contributed by atoms with Crippen LogP contribution in [0.15, 0.2) is 79.4 Å². The van der Waals surface area contributed by atoms with Crippen molar-refractivity contribution in [1.82, 2.24) is 9.97 Å². The van der Waals surface area contributed by atoms with Crippen molar-refractivity contribution in [3.05, 3.63) is 79.4 Å². The van der Waals surface area contributed by atoms with Crippen molar-refractivity contribution in [2.45, 2.75) is 0 Å². The summed E-state index contributed by atoms with van der Waals surface area (Å²) in [6.45, 7) is 0. The molecule has 2 nitrogen and oxygen atoms in total. The Bertz CT molecular complexity index is 545. The van der Waals surface area contributed by atoms with Gasteiger partial charge in [0.15, 0.2) is 0 Å². The molecule has 3 heteroatoms. The molecule has 0 aliphatic carbocycles. The topological polar surface area (TPSA) is 25.8 Å². The van der Waals surface area contributed by atoms with E-state index >= 15 is 0 Å². The number of aromatic nitrogens is 2. The van der Waals surface area contributed by atoms with E-state index in [1.807, 2.05) is 67.0 Å². The summed E-state index contributed by atoms with van der Waals surface area (Å²) >= 11 is 0. The fourth-order valence-corrected chi connectivity index (χ4v) is 1.74. The number of rotatable bonds is 1. The number of pyridine rings is 2. The van der Waals surface area contributed by atoms with Crippen LogP contribution >= 0.6 is 9.24 Å². The molecule has 0 saturated heterocycles. The SMILES string of the molecule is Pc1ccccc1.c1cncc(-c2cccnc2)c1. The molecule has 0 amide bonds. The summed E-state index contributed by atoms with van der Waals surface area (Å²) in [5.41, 5.74) is 2.20. The van der Waals surface area contributed by atoms with Gasteiger partial charge in [0.25, 0.3) is 0 Å². The molecule has 2 heterocycles. The van der Waals surface area contributed by atoms with E-state index in [4.69, 9.17) is 0 Å². The Morgan fingerprint density at radius 3 is 1.47 bits per heavy atom. The first kappa shape index (κ1) is 13.4. The number of benzene rings is 1. The van der Waals surface area contributed by atoms with Gasteiger partial charge in [-0.3, -0.25) is 9.97 Å². The average molecular weight is 266 g/mol. The molecule has 0 saturated carbocycles. The van der Waals surface area contributed by atoms with E-state index in [2.05, 4.69) is 19.2 Å². The third-order valence-corrected chi connectivity index (χ3v) is 2.84. The molecular formula is C16H15N2P. The molecule has 0 radical (unpaired) electrons. The second kappa shape index (κ2) is 7.40. The van der Waals surface area contributed by atoms with Crippen LogP contribution in [0.2, 0.25) is 0 Å². The van der Waals surface area contributed by atoms with E-state index in [0.29, 0.717) is 0 Å².